The number of nitrogens with one attached hydrogen (secondary N) is 1. The Labute approximate surface area is 220 Å². The summed E-state index contributed by atoms with van der Waals surface area (Å²) in [6, 6.07) is 21.2. The molecular weight excluding hydrogens is 497 g/mol. The molecular formula is C27H35Cl2N3O2Si. The summed E-state index contributed by atoms with van der Waals surface area (Å²) in [5.41, 5.74) is 1.66. The molecule has 1 aromatic heterocycles. The van der Waals surface area contributed by atoms with Crippen molar-refractivity contribution in [3.63, 3.8) is 0 Å². The molecule has 0 saturated carbocycles. The van der Waals surface area contributed by atoms with E-state index < -0.39 is 8.32 Å². The van der Waals surface area contributed by atoms with E-state index >= 15 is 0 Å². The fourth-order valence-electron chi connectivity index (χ4n) is 4.44. The lowest BCUT2D eigenvalue weighted by atomic mass is 10.1. The van der Waals surface area contributed by atoms with Gasteiger partial charge in [0.2, 0.25) is 0 Å². The van der Waals surface area contributed by atoms with E-state index in [-0.39, 0.29) is 11.1 Å². The Balaban J connectivity index is 2.01. The van der Waals surface area contributed by atoms with Gasteiger partial charge < -0.3 is 14.5 Å². The van der Waals surface area contributed by atoms with Crippen molar-refractivity contribution in [2.75, 3.05) is 26.8 Å². The highest BCUT2D eigenvalue weighted by Gasteiger charge is 2.50. The van der Waals surface area contributed by atoms with Gasteiger partial charge in [-0.3, -0.25) is 0 Å². The van der Waals surface area contributed by atoms with Crippen molar-refractivity contribution in [3.05, 3.63) is 82.1 Å². The number of ether oxygens (including phenoxy) is 1. The van der Waals surface area contributed by atoms with Crippen molar-refractivity contribution in [1.29, 1.82) is 0 Å². The maximum Gasteiger partial charge on any atom is 0.261 e. The second kappa shape index (κ2) is 12.4. The third-order valence-electron chi connectivity index (χ3n) is 6.28. The quantitative estimate of drug-likeness (QED) is 0.284. The smallest absolute Gasteiger partial charge is 0.261 e. The van der Waals surface area contributed by atoms with Crippen molar-refractivity contribution in [1.82, 2.24) is 15.5 Å². The molecule has 0 amide bonds. The Kier molecular flexibility index (Phi) is 9.87. The summed E-state index contributed by atoms with van der Waals surface area (Å²) in [6.45, 7) is 10.4. The SMILES string of the molecule is CNCCOC(CO[Si](c1ccccc1)(c1ccccc1)C(C)(C)C)Cc1c(Cl)nnc(Cl)c1C. The van der Waals surface area contributed by atoms with E-state index in [1.54, 1.807) is 0 Å². The van der Waals surface area contributed by atoms with Crippen molar-refractivity contribution in [2.45, 2.75) is 45.3 Å². The molecule has 8 heteroatoms. The minimum Gasteiger partial charge on any atom is -0.405 e. The molecule has 3 aromatic rings. The summed E-state index contributed by atoms with van der Waals surface area (Å²) < 4.78 is 13.4. The third-order valence-corrected chi connectivity index (χ3v) is 11.9. The number of halogens is 2. The number of nitrogens with zero attached hydrogens (tertiary/aromatic N) is 2. The fraction of sp³-hybridized carbons (Fsp3) is 0.407. The third kappa shape index (κ3) is 6.50. The second-order valence-electron chi connectivity index (χ2n) is 9.66. The van der Waals surface area contributed by atoms with Crippen LogP contribution in [0, 0.1) is 6.92 Å². The van der Waals surface area contributed by atoms with E-state index in [9.17, 15) is 0 Å². The monoisotopic (exact) mass is 531 g/mol. The Bertz CT molecular complexity index is 1040. The van der Waals surface area contributed by atoms with Gasteiger partial charge in [0.25, 0.3) is 8.32 Å². The van der Waals surface area contributed by atoms with Gasteiger partial charge in [-0.15, -0.1) is 10.2 Å². The standard InChI is InChI=1S/C27H35Cl2N3O2Si/c1-20-24(26(29)32-31-25(20)28)18-21(33-17-16-30-5)19-34-35(27(2,3)4,22-12-8-6-9-13-22)23-14-10-7-11-15-23/h6-15,21,30H,16-19H2,1-5H3. The van der Waals surface area contributed by atoms with Crippen molar-refractivity contribution in [2.24, 2.45) is 0 Å². The van der Waals surface area contributed by atoms with Crippen LogP contribution in [0.4, 0.5) is 0 Å². The van der Waals surface area contributed by atoms with Crippen LogP contribution in [0.2, 0.25) is 15.3 Å². The van der Waals surface area contributed by atoms with E-state index in [1.165, 1.54) is 10.4 Å². The summed E-state index contributed by atoms with van der Waals surface area (Å²) >= 11 is 12.7. The Morgan fingerprint density at radius 2 is 1.46 bits per heavy atom. The van der Waals surface area contributed by atoms with Crippen LogP contribution < -0.4 is 15.7 Å². The largest absolute Gasteiger partial charge is 0.405 e. The first-order valence-corrected chi connectivity index (χ1v) is 14.6. The van der Waals surface area contributed by atoms with Gasteiger partial charge in [-0.25, -0.2) is 0 Å². The lowest BCUT2D eigenvalue weighted by Gasteiger charge is -2.43. The van der Waals surface area contributed by atoms with Gasteiger partial charge in [-0.05, 0) is 34.9 Å². The topological polar surface area (TPSA) is 56.3 Å². The van der Waals surface area contributed by atoms with Crippen LogP contribution in [0.5, 0.6) is 0 Å². The molecule has 0 aliphatic heterocycles. The first-order chi connectivity index (χ1) is 16.7. The Hall–Kier alpha value is -1.80. The molecule has 0 aliphatic rings. The van der Waals surface area contributed by atoms with Crippen LogP contribution >= 0.6 is 23.2 Å². The lowest BCUT2D eigenvalue weighted by Crippen LogP contribution is -2.67. The molecule has 35 heavy (non-hydrogen) atoms. The van der Waals surface area contributed by atoms with Gasteiger partial charge >= 0.3 is 0 Å². The first-order valence-electron chi connectivity index (χ1n) is 11.9. The highest BCUT2D eigenvalue weighted by molar-refractivity contribution is 6.99. The molecule has 0 spiro atoms. The lowest BCUT2D eigenvalue weighted by molar-refractivity contribution is 0.0202. The Morgan fingerprint density at radius 3 is 1.97 bits per heavy atom. The predicted octanol–water partition coefficient (Wildman–Crippen LogP) is 4.82. The zero-order chi connectivity index (χ0) is 25.5. The first kappa shape index (κ1) is 27.8. The van der Waals surface area contributed by atoms with E-state index in [2.05, 4.69) is 84.8 Å². The highest BCUT2D eigenvalue weighted by Crippen LogP contribution is 2.37. The molecule has 0 fully saturated rings. The summed E-state index contributed by atoms with van der Waals surface area (Å²) in [4.78, 5) is 0. The molecule has 1 atom stereocenters. The van der Waals surface area contributed by atoms with Crippen molar-refractivity contribution in [3.8, 4) is 0 Å². The van der Waals surface area contributed by atoms with E-state index in [0.717, 1.165) is 17.7 Å². The minimum absolute atomic E-state index is 0.125. The Morgan fingerprint density at radius 1 is 0.914 bits per heavy atom. The van der Waals surface area contributed by atoms with E-state index in [1.807, 2.05) is 26.1 Å². The van der Waals surface area contributed by atoms with Crippen molar-refractivity contribution < 1.29 is 9.16 Å². The molecule has 0 radical (unpaired) electrons. The van der Waals surface area contributed by atoms with E-state index in [0.29, 0.717) is 29.9 Å². The van der Waals surface area contributed by atoms with Gasteiger partial charge in [0, 0.05) is 18.5 Å². The molecule has 0 aliphatic carbocycles. The summed E-state index contributed by atoms with van der Waals surface area (Å²) in [7, 11) is -0.790. The molecule has 0 bridgehead atoms. The molecule has 1 N–H and O–H groups in total. The summed E-state index contributed by atoms with van der Waals surface area (Å²) in [6.07, 6.45) is 0.295. The maximum atomic E-state index is 7.12. The van der Waals surface area contributed by atoms with Crippen LogP contribution in [0.15, 0.2) is 60.7 Å². The number of rotatable bonds is 11. The van der Waals surface area contributed by atoms with E-state index in [4.69, 9.17) is 32.4 Å². The molecule has 5 nitrogen and oxygen atoms in total. The van der Waals surface area contributed by atoms with Gasteiger partial charge in [-0.1, -0.05) is 105 Å². The zero-order valence-electron chi connectivity index (χ0n) is 21.1. The molecule has 2 aromatic carbocycles. The predicted molar refractivity (Wildman–Crippen MR) is 148 cm³/mol. The second-order valence-corrected chi connectivity index (χ2v) is 14.7. The zero-order valence-corrected chi connectivity index (χ0v) is 23.7. The number of benzene rings is 2. The highest BCUT2D eigenvalue weighted by atomic mass is 35.5. The molecule has 1 unspecified atom stereocenters. The van der Waals surface area contributed by atoms with Gasteiger partial charge in [0.05, 0.1) is 19.3 Å². The molecule has 188 valence electrons. The number of aromatic nitrogens is 2. The molecule has 1 heterocycles. The average Bonchev–Trinajstić information content (AvgIpc) is 2.85. The molecule has 3 rings (SSSR count). The van der Waals surface area contributed by atoms with Crippen LogP contribution in [0.3, 0.4) is 0 Å². The maximum absolute atomic E-state index is 7.12. The molecule has 0 saturated heterocycles. The minimum atomic E-state index is -2.70. The van der Waals surface area contributed by atoms with Crippen LogP contribution in [-0.4, -0.2) is 51.4 Å². The van der Waals surface area contributed by atoms with Crippen molar-refractivity contribution >= 4 is 41.9 Å². The van der Waals surface area contributed by atoms with Crippen LogP contribution in [0.1, 0.15) is 31.9 Å². The summed E-state index contributed by atoms with van der Waals surface area (Å²) in [5.74, 6) is 0. The summed E-state index contributed by atoms with van der Waals surface area (Å²) in [5, 5.41) is 14.1. The van der Waals surface area contributed by atoms with Crippen LogP contribution in [-0.2, 0) is 15.6 Å². The average molecular weight is 533 g/mol. The number of likely N-dealkylation sites (N-methyl/N-ethyl adjacent to an activating group) is 1. The van der Waals surface area contributed by atoms with Gasteiger partial charge in [0.1, 0.15) is 0 Å². The number of hydrogen-bond acceptors (Lipinski definition) is 5. The number of hydrogen-bond donors (Lipinski definition) is 1. The van der Waals surface area contributed by atoms with Crippen LogP contribution in [0.25, 0.3) is 0 Å². The fourth-order valence-corrected chi connectivity index (χ4v) is 9.44. The van der Waals surface area contributed by atoms with Gasteiger partial charge in [0.15, 0.2) is 10.3 Å². The normalized spacial score (nSPS) is 13.1. The van der Waals surface area contributed by atoms with Gasteiger partial charge in [-0.2, -0.15) is 0 Å².